The molecule has 0 aliphatic rings. The van der Waals surface area contributed by atoms with Crippen molar-refractivity contribution in [1.82, 2.24) is 4.72 Å². The highest BCUT2D eigenvalue weighted by Crippen LogP contribution is 2.12. The van der Waals surface area contributed by atoms with E-state index in [0.29, 0.717) is 13.0 Å². The van der Waals surface area contributed by atoms with Gasteiger partial charge in [-0.05, 0) is 18.6 Å². The fraction of sp³-hybridized carbons (Fsp3) is 0.333. The van der Waals surface area contributed by atoms with Crippen LogP contribution in [0.15, 0.2) is 29.2 Å². The Kier molecular flexibility index (Phi) is 3.60. The van der Waals surface area contributed by atoms with E-state index in [1.807, 2.05) is 6.92 Å². The van der Waals surface area contributed by atoms with E-state index < -0.39 is 15.8 Å². The first-order valence-electron chi connectivity index (χ1n) is 4.32. The van der Waals surface area contributed by atoms with Gasteiger partial charge in [-0.2, -0.15) is 0 Å². The molecule has 1 aromatic rings. The fourth-order valence-corrected chi connectivity index (χ4v) is 2.19. The van der Waals surface area contributed by atoms with Crippen molar-refractivity contribution in [2.45, 2.75) is 18.2 Å². The highest BCUT2D eigenvalue weighted by molar-refractivity contribution is 7.89. The van der Waals surface area contributed by atoms with E-state index in [0.717, 1.165) is 6.07 Å². The molecule has 1 N–H and O–H groups in total. The lowest BCUT2D eigenvalue weighted by Gasteiger charge is -2.05. The third-order valence-electron chi connectivity index (χ3n) is 1.67. The molecule has 0 amide bonds. The maximum absolute atomic E-state index is 13.1. The van der Waals surface area contributed by atoms with Crippen LogP contribution < -0.4 is 4.72 Å². The molecule has 14 heavy (non-hydrogen) atoms. The summed E-state index contributed by atoms with van der Waals surface area (Å²) in [7, 11) is -3.68. The first-order valence-corrected chi connectivity index (χ1v) is 5.80. The molecule has 1 rings (SSSR count). The molecule has 0 fully saturated rings. The molecular formula is C9H12FNO2S. The van der Waals surface area contributed by atoms with E-state index >= 15 is 0 Å². The summed E-state index contributed by atoms with van der Waals surface area (Å²) in [6.45, 7) is 2.15. The molecule has 0 heterocycles. The molecule has 0 aliphatic carbocycles. The second kappa shape index (κ2) is 4.52. The van der Waals surface area contributed by atoms with E-state index in [2.05, 4.69) is 4.72 Å². The summed E-state index contributed by atoms with van der Waals surface area (Å²) in [6.07, 6.45) is 0.674. The predicted molar refractivity (Wildman–Crippen MR) is 51.9 cm³/mol. The summed E-state index contributed by atoms with van der Waals surface area (Å²) in [5, 5.41) is 0. The molecule has 0 aliphatic heterocycles. The van der Waals surface area contributed by atoms with Crippen molar-refractivity contribution in [3.8, 4) is 0 Å². The summed E-state index contributed by atoms with van der Waals surface area (Å²) < 4.78 is 38.3. The van der Waals surface area contributed by atoms with Gasteiger partial charge in [-0.15, -0.1) is 0 Å². The molecule has 1 aromatic carbocycles. The number of halogens is 1. The maximum atomic E-state index is 13.1. The van der Waals surface area contributed by atoms with Crippen molar-refractivity contribution in [3.63, 3.8) is 0 Å². The molecule has 0 aromatic heterocycles. The van der Waals surface area contributed by atoms with Crippen molar-refractivity contribution >= 4 is 10.0 Å². The first kappa shape index (κ1) is 11.1. The third-order valence-corrected chi connectivity index (χ3v) is 3.16. The molecule has 0 atom stereocenters. The fourth-order valence-electron chi connectivity index (χ4n) is 0.977. The van der Waals surface area contributed by atoms with Gasteiger partial charge in [0.15, 0.2) is 0 Å². The quantitative estimate of drug-likeness (QED) is 0.831. The smallest absolute Gasteiger partial charge is 0.211 e. The number of rotatable bonds is 4. The number of sulfonamides is 1. The topological polar surface area (TPSA) is 46.2 Å². The average molecular weight is 217 g/mol. The summed E-state index contributed by atoms with van der Waals surface area (Å²) >= 11 is 0. The van der Waals surface area contributed by atoms with Crippen LogP contribution in [0.5, 0.6) is 0 Å². The van der Waals surface area contributed by atoms with Crippen molar-refractivity contribution in [1.29, 1.82) is 0 Å². The Morgan fingerprint density at radius 1 is 1.36 bits per heavy atom. The Morgan fingerprint density at radius 2 is 2.00 bits per heavy atom. The van der Waals surface area contributed by atoms with Crippen LogP contribution in [0.2, 0.25) is 0 Å². The van der Waals surface area contributed by atoms with E-state index in [1.54, 1.807) is 0 Å². The second-order valence-corrected chi connectivity index (χ2v) is 4.56. The zero-order valence-electron chi connectivity index (χ0n) is 7.83. The second-order valence-electron chi connectivity index (χ2n) is 2.83. The summed E-state index contributed by atoms with van der Waals surface area (Å²) in [5.41, 5.74) is 0. The summed E-state index contributed by atoms with van der Waals surface area (Å²) in [6, 6.07) is 5.31. The van der Waals surface area contributed by atoms with Gasteiger partial charge in [-0.3, -0.25) is 0 Å². The summed E-state index contributed by atoms with van der Waals surface area (Å²) in [5.74, 6) is -0.726. The largest absolute Gasteiger partial charge is 0.243 e. The Bertz CT molecular complexity index is 403. The van der Waals surface area contributed by atoms with Crippen molar-refractivity contribution < 1.29 is 12.8 Å². The van der Waals surface area contributed by atoms with Gasteiger partial charge >= 0.3 is 0 Å². The Balaban J connectivity index is 2.99. The molecule has 3 nitrogen and oxygen atoms in total. The van der Waals surface area contributed by atoms with E-state index in [-0.39, 0.29) is 4.90 Å². The van der Waals surface area contributed by atoms with Gasteiger partial charge in [0.25, 0.3) is 0 Å². The van der Waals surface area contributed by atoms with Crippen LogP contribution in [-0.4, -0.2) is 15.0 Å². The standard InChI is InChI=1S/C9H12FNO2S/c1-2-7-11-14(12,13)9-6-4-3-5-8(9)10/h3-6,11H,2,7H2,1H3. The minimum Gasteiger partial charge on any atom is -0.211 e. The normalized spacial score (nSPS) is 11.6. The molecule has 0 saturated heterocycles. The van der Waals surface area contributed by atoms with Crippen LogP contribution in [0.25, 0.3) is 0 Å². The van der Waals surface area contributed by atoms with Crippen molar-refractivity contribution in [2.75, 3.05) is 6.54 Å². The monoisotopic (exact) mass is 217 g/mol. The van der Waals surface area contributed by atoms with Crippen molar-refractivity contribution in [3.05, 3.63) is 30.1 Å². The predicted octanol–water partition coefficient (Wildman–Crippen LogP) is 1.51. The number of hydrogen-bond acceptors (Lipinski definition) is 2. The van der Waals surface area contributed by atoms with Gasteiger partial charge < -0.3 is 0 Å². The summed E-state index contributed by atoms with van der Waals surface area (Å²) in [4.78, 5) is -0.298. The maximum Gasteiger partial charge on any atom is 0.243 e. The number of benzene rings is 1. The van der Waals surface area contributed by atoms with Crippen LogP contribution >= 0.6 is 0 Å². The van der Waals surface area contributed by atoms with Crippen LogP contribution in [0.4, 0.5) is 4.39 Å². The zero-order chi connectivity index (χ0) is 10.6. The van der Waals surface area contributed by atoms with Gasteiger partial charge in [-0.25, -0.2) is 17.5 Å². The van der Waals surface area contributed by atoms with Crippen LogP contribution in [-0.2, 0) is 10.0 Å². The van der Waals surface area contributed by atoms with Gasteiger partial charge in [-0.1, -0.05) is 19.1 Å². The Morgan fingerprint density at radius 3 is 2.57 bits per heavy atom. The van der Waals surface area contributed by atoms with Crippen LogP contribution in [0.1, 0.15) is 13.3 Å². The SMILES string of the molecule is CCCNS(=O)(=O)c1ccccc1F. The highest BCUT2D eigenvalue weighted by atomic mass is 32.2. The van der Waals surface area contributed by atoms with Crippen molar-refractivity contribution in [2.24, 2.45) is 0 Å². The van der Waals surface area contributed by atoms with E-state index in [9.17, 15) is 12.8 Å². The minimum atomic E-state index is -3.68. The highest BCUT2D eigenvalue weighted by Gasteiger charge is 2.16. The van der Waals surface area contributed by atoms with E-state index in [1.165, 1.54) is 18.2 Å². The van der Waals surface area contributed by atoms with Gasteiger partial charge in [0.1, 0.15) is 10.7 Å². The third kappa shape index (κ3) is 2.52. The Hall–Kier alpha value is -0.940. The molecule has 0 radical (unpaired) electrons. The minimum absolute atomic E-state index is 0.298. The molecule has 0 saturated carbocycles. The molecule has 0 bridgehead atoms. The molecule has 0 spiro atoms. The van der Waals surface area contributed by atoms with Gasteiger partial charge in [0, 0.05) is 6.54 Å². The Labute approximate surface area is 83.0 Å². The lowest BCUT2D eigenvalue weighted by Crippen LogP contribution is -2.25. The van der Waals surface area contributed by atoms with Crippen LogP contribution in [0.3, 0.4) is 0 Å². The number of hydrogen-bond donors (Lipinski definition) is 1. The molecule has 0 unspecified atom stereocenters. The lowest BCUT2D eigenvalue weighted by molar-refractivity contribution is 0.556. The lowest BCUT2D eigenvalue weighted by atomic mass is 10.4. The molecule has 78 valence electrons. The average Bonchev–Trinajstić information content (AvgIpc) is 2.15. The molecular weight excluding hydrogens is 205 g/mol. The van der Waals surface area contributed by atoms with E-state index in [4.69, 9.17) is 0 Å². The van der Waals surface area contributed by atoms with Gasteiger partial charge in [0.05, 0.1) is 0 Å². The number of nitrogens with one attached hydrogen (secondary N) is 1. The first-order chi connectivity index (χ1) is 6.58. The molecule has 5 heteroatoms. The zero-order valence-corrected chi connectivity index (χ0v) is 8.64. The van der Waals surface area contributed by atoms with Crippen LogP contribution in [0, 0.1) is 5.82 Å². The van der Waals surface area contributed by atoms with Gasteiger partial charge in [0.2, 0.25) is 10.0 Å².